The van der Waals surface area contributed by atoms with Gasteiger partial charge in [0.2, 0.25) is 5.95 Å². The van der Waals surface area contributed by atoms with Gasteiger partial charge in [-0.05, 0) is 35.4 Å². The summed E-state index contributed by atoms with van der Waals surface area (Å²) in [7, 11) is 0. The third-order valence-electron chi connectivity index (χ3n) is 8.29. The lowest BCUT2D eigenvalue weighted by molar-refractivity contribution is 0.669. The summed E-state index contributed by atoms with van der Waals surface area (Å²) in [5, 5.41) is 4.56. The lowest BCUT2D eigenvalue weighted by Crippen LogP contribution is -2.06. The summed E-state index contributed by atoms with van der Waals surface area (Å²) in [6.45, 7) is 0. The zero-order chi connectivity index (χ0) is 29.0. The van der Waals surface area contributed by atoms with Crippen molar-refractivity contribution in [3.8, 4) is 39.9 Å². The molecule has 0 N–H and O–H groups in total. The lowest BCUT2D eigenvalue weighted by atomic mass is 9.98. The molecule has 0 amide bonds. The van der Waals surface area contributed by atoms with Crippen LogP contribution in [0.1, 0.15) is 0 Å². The van der Waals surface area contributed by atoms with Gasteiger partial charge in [-0.25, -0.2) is 4.98 Å². The molecule has 9 rings (SSSR count). The Labute approximate surface area is 252 Å². The fourth-order valence-electron chi connectivity index (χ4n) is 6.26. The molecule has 0 saturated carbocycles. The van der Waals surface area contributed by atoms with Crippen molar-refractivity contribution < 1.29 is 4.42 Å². The first-order valence-corrected chi connectivity index (χ1v) is 14.6. The largest absolute Gasteiger partial charge is 0.456 e. The summed E-state index contributed by atoms with van der Waals surface area (Å²) < 4.78 is 8.28. The van der Waals surface area contributed by atoms with Gasteiger partial charge in [0.25, 0.3) is 0 Å². The minimum absolute atomic E-state index is 0.588. The molecule has 9 aromatic rings. The summed E-state index contributed by atoms with van der Waals surface area (Å²) in [6.07, 6.45) is 0. The van der Waals surface area contributed by atoms with Crippen LogP contribution in [-0.4, -0.2) is 19.5 Å². The van der Waals surface area contributed by atoms with Crippen molar-refractivity contribution in [2.45, 2.75) is 0 Å². The van der Waals surface area contributed by atoms with Crippen LogP contribution in [0.25, 0.3) is 83.6 Å². The molecule has 0 unspecified atom stereocenters. The van der Waals surface area contributed by atoms with Crippen LogP contribution < -0.4 is 0 Å². The predicted molar refractivity (Wildman–Crippen MR) is 178 cm³/mol. The Kier molecular flexibility index (Phi) is 5.43. The summed E-state index contributed by atoms with van der Waals surface area (Å²) in [5.41, 5.74) is 7.97. The minimum atomic E-state index is 0.588. The van der Waals surface area contributed by atoms with E-state index in [1.54, 1.807) is 0 Å². The van der Waals surface area contributed by atoms with E-state index in [0.29, 0.717) is 17.6 Å². The highest BCUT2D eigenvalue weighted by Crippen LogP contribution is 2.37. The first kappa shape index (κ1) is 24.5. The summed E-state index contributed by atoms with van der Waals surface area (Å²) in [5.74, 6) is 1.84. The maximum absolute atomic E-state index is 6.14. The third kappa shape index (κ3) is 3.83. The van der Waals surface area contributed by atoms with Crippen molar-refractivity contribution in [1.29, 1.82) is 0 Å². The molecule has 6 aromatic carbocycles. The first-order chi connectivity index (χ1) is 21.8. The molecular formula is C39H24N4O. The topological polar surface area (TPSA) is 56.7 Å². The lowest BCUT2D eigenvalue weighted by Gasteiger charge is -2.11. The molecule has 0 atom stereocenters. The molecule has 0 fully saturated rings. The third-order valence-corrected chi connectivity index (χ3v) is 8.29. The van der Waals surface area contributed by atoms with Crippen LogP contribution in [0.4, 0.5) is 0 Å². The van der Waals surface area contributed by atoms with Crippen molar-refractivity contribution in [2.75, 3.05) is 0 Å². The van der Waals surface area contributed by atoms with Crippen molar-refractivity contribution >= 4 is 43.7 Å². The fourth-order valence-corrected chi connectivity index (χ4v) is 6.26. The summed E-state index contributed by atoms with van der Waals surface area (Å²) in [6, 6.07) is 49.8. The number of nitrogens with zero attached hydrogens (tertiary/aromatic N) is 4. The molecule has 206 valence electrons. The van der Waals surface area contributed by atoms with Gasteiger partial charge in [-0.2, -0.15) is 9.97 Å². The van der Waals surface area contributed by atoms with E-state index in [1.807, 2.05) is 54.6 Å². The Hall–Kier alpha value is -6.07. The number of furan rings is 1. The van der Waals surface area contributed by atoms with Gasteiger partial charge in [0.05, 0.1) is 11.0 Å². The molecule has 3 heterocycles. The second-order valence-electron chi connectivity index (χ2n) is 10.9. The van der Waals surface area contributed by atoms with Crippen molar-refractivity contribution in [3.63, 3.8) is 0 Å². The van der Waals surface area contributed by atoms with Crippen molar-refractivity contribution in [2.24, 2.45) is 0 Å². The molecule has 0 saturated heterocycles. The van der Waals surface area contributed by atoms with E-state index in [4.69, 9.17) is 19.4 Å². The standard InChI is InChI=1S/C39H24N4O/c1-2-11-26(12-3-1)37-40-38(42-39(41-37)43-32-17-7-4-13-29(32)30-14-5-8-18-33(30)43)27-23-21-25(22-24-27)28-16-10-20-35-36(28)31-15-6-9-19-34(31)44-35/h1-24H. The number of benzene rings is 6. The molecule has 5 heteroatoms. The van der Waals surface area contributed by atoms with Crippen LogP contribution in [0.2, 0.25) is 0 Å². The first-order valence-electron chi connectivity index (χ1n) is 14.6. The highest BCUT2D eigenvalue weighted by Gasteiger charge is 2.18. The van der Waals surface area contributed by atoms with Crippen molar-refractivity contribution in [3.05, 3.63) is 146 Å². The van der Waals surface area contributed by atoms with Gasteiger partial charge in [0, 0.05) is 32.7 Å². The molecule has 5 nitrogen and oxygen atoms in total. The summed E-state index contributed by atoms with van der Waals surface area (Å²) in [4.78, 5) is 15.1. The van der Waals surface area contributed by atoms with Gasteiger partial charge in [-0.3, -0.25) is 4.57 Å². The van der Waals surface area contributed by atoms with E-state index < -0.39 is 0 Å². The van der Waals surface area contributed by atoms with Crippen LogP contribution >= 0.6 is 0 Å². The Morgan fingerprint density at radius 3 is 1.66 bits per heavy atom. The molecule has 0 spiro atoms. The average Bonchev–Trinajstić information content (AvgIpc) is 3.65. The van der Waals surface area contributed by atoms with E-state index in [0.717, 1.165) is 66.0 Å². The highest BCUT2D eigenvalue weighted by atomic mass is 16.3. The maximum atomic E-state index is 6.14. The van der Waals surface area contributed by atoms with Gasteiger partial charge < -0.3 is 4.42 Å². The van der Waals surface area contributed by atoms with Crippen LogP contribution in [0, 0.1) is 0 Å². The number of hydrogen-bond acceptors (Lipinski definition) is 4. The molecule has 0 aliphatic heterocycles. The second kappa shape index (κ2) is 9.75. The van der Waals surface area contributed by atoms with E-state index >= 15 is 0 Å². The highest BCUT2D eigenvalue weighted by molar-refractivity contribution is 6.12. The Balaban J connectivity index is 1.23. The SMILES string of the molecule is c1ccc(-c2nc(-c3ccc(-c4cccc5oc6ccccc6c45)cc3)nc(-n3c4ccccc4c4ccccc43)n2)cc1. The molecular weight excluding hydrogens is 540 g/mol. The molecule has 0 bridgehead atoms. The van der Waals surface area contributed by atoms with E-state index in [9.17, 15) is 0 Å². The van der Waals surface area contributed by atoms with E-state index in [1.165, 1.54) is 0 Å². The molecule has 44 heavy (non-hydrogen) atoms. The predicted octanol–water partition coefficient (Wildman–Crippen LogP) is 9.87. The number of aromatic nitrogens is 4. The van der Waals surface area contributed by atoms with Crippen LogP contribution in [0.15, 0.2) is 150 Å². The summed E-state index contributed by atoms with van der Waals surface area (Å²) >= 11 is 0. The quantitative estimate of drug-likeness (QED) is 0.213. The van der Waals surface area contributed by atoms with Gasteiger partial charge in [0.15, 0.2) is 11.6 Å². The van der Waals surface area contributed by atoms with E-state index in [-0.39, 0.29) is 0 Å². The van der Waals surface area contributed by atoms with Crippen molar-refractivity contribution in [1.82, 2.24) is 19.5 Å². The molecule has 0 radical (unpaired) electrons. The Morgan fingerprint density at radius 1 is 0.409 bits per heavy atom. The van der Waals surface area contributed by atoms with Crippen LogP contribution in [-0.2, 0) is 0 Å². The average molecular weight is 565 g/mol. The van der Waals surface area contributed by atoms with Gasteiger partial charge >= 0.3 is 0 Å². The van der Waals surface area contributed by atoms with Gasteiger partial charge in [-0.15, -0.1) is 0 Å². The monoisotopic (exact) mass is 564 g/mol. The van der Waals surface area contributed by atoms with Crippen LogP contribution in [0.5, 0.6) is 0 Å². The molecule has 0 aliphatic carbocycles. The van der Waals surface area contributed by atoms with Gasteiger partial charge in [-0.1, -0.05) is 121 Å². The number of hydrogen-bond donors (Lipinski definition) is 0. The van der Waals surface area contributed by atoms with Gasteiger partial charge in [0.1, 0.15) is 11.2 Å². The fraction of sp³-hybridized carbons (Fsp3) is 0. The zero-order valence-electron chi connectivity index (χ0n) is 23.6. The number of fused-ring (bicyclic) bond motifs is 6. The molecule has 0 aliphatic rings. The molecule has 3 aromatic heterocycles. The second-order valence-corrected chi connectivity index (χ2v) is 10.9. The zero-order valence-corrected chi connectivity index (χ0v) is 23.6. The number of rotatable bonds is 4. The Morgan fingerprint density at radius 2 is 0.955 bits per heavy atom. The maximum Gasteiger partial charge on any atom is 0.238 e. The minimum Gasteiger partial charge on any atom is -0.456 e. The van der Waals surface area contributed by atoms with Crippen LogP contribution in [0.3, 0.4) is 0 Å². The smallest absolute Gasteiger partial charge is 0.238 e. The normalized spacial score (nSPS) is 11.6. The van der Waals surface area contributed by atoms with E-state index in [2.05, 4.69) is 95.6 Å². The Bertz CT molecular complexity index is 2440. The number of para-hydroxylation sites is 3.